The van der Waals surface area contributed by atoms with Crippen molar-refractivity contribution in [1.82, 2.24) is 29.6 Å². The number of Topliss-reactive ketones (excluding diaryl/α,β-unsaturated/α-hetero) is 1. The molecule has 2 aromatic rings. The van der Waals surface area contributed by atoms with E-state index in [0.29, 0.717) is 5.57 Å². The van der Waals surface area contributed by atoms with Crippen LogP contribution in [0.15, 0.2) is 27.6 Å². The molecule has 2 aromatic heterocycles. The lowest BCUT2D eigenvalue weighted by molar-refractivity contribution is -0.765. The van der Waals surface area contributed by atoms with E-state index in [2.05, 4.69) is 35.5 Å². The second-order valence-corrected chi connectivity index (χ2v) is 13.2. The van der Waals surface area contributed by atoms with Gasteiger partial charge in [-0.2, -0.15) is 9.36 Å². The number of thioether (sulfide) groups is 1. The van der Waals surface area contributed by atoms with E-state index in [1.54, 1.807) is 7.05 Å². The number of fused-ring (bicyclic) bond motifs is 1. The summed E-state index contributed by atoms with van der Waals surface area (Å²) >= 11 is 1.91. The van der Waals surface area contributed by atoms with Crippen LogP contribution >= 0.6 is 23.3 Å². The summed E-state index contributed by atoms with van der Waals surface area (Å²) in [5.74, 6) is -4.79. The van der Waals surface area contributed by atoms with Gasteiger partial charge in [-0.05, 0) is 20.8 Å². The molecule has 21 nitrogen and oxygen atoms in total. The molecule has 0 spiro atoms. The Bertz CT molecular complexity index is 1820. The number of aliphatic carboxylic acids is 2. The first-order chi connectivity index (χ1) is 23.5. The summed E-state index contributed by atoms with van der Waals surface area (Å²) in [6.45, 7) is 4.24. The molecule has 0 bridgehead atoms. The number of carboxylic acid groups (broad SMARTS) is 2. The van der Waals surface area contributed by atoms with Crippen LogP contribution in [0.3, 0.4) is 0 Å². The number of oxime groups is 1. The maximum atomic E-state index is 13.3. The average Bonchev–Trinajstić information content (AvgIpc) is 3.58. The Balaban J connectivity index is 1.46. The number of aromatic nitrogens is 4. The van der Waals surface area contributed by atoms with Gasteiger partial charge < -0.3 is 41.9 Å². The highest BCUT2D eigenvalue weighted by atomic mass is 32.2. The largest absolute Gasteiger partial charge is 0.543 e. The van der Waals surface area contributed by atoms with Crippen molar-refractivity contribution >= 4 is 87.4 Å². The van der Waals surface area contributed by atoms with E-state index in [9.17, 15) is 39.0 Å². The summed E-state index contributed by atoms with van der Waals surface area (Å²) in [6.07, 6.45) is 3.17. The number of β-lactam (4-membered cyclic amide) rings is 1. The number of ketones is 1. The standard InChI is InChI=1S/C27H34N12O9S2/c1-12(40)5-6-30-7-8-31-26(47)32-14-10-38(37(4)18(14)28)9-13-11-49-22-16(21(42)39(22)17(13)23(43)44)33-20(41)15(19-34-25(29)50-36-19)35-48-27(2,3)24(45)46/h6,10,16,22,28H,5,7-9,11H2,1-4H3,(H7,29,31,32,33,34,36,41,43,44,45,46,47)/b30-6?,35-15-/t16-,22-/m1/s1. The van der Waals surface area contributed by atoms with Crippen LogP contribution in [0, 0.1) is 0 Å². The van der Waals surface area contributed by atoms with Gasteiger partial charge in [0.2, 0.25) is 23.3 Å². The number of hydrogen-bond acceptors (Lipinski definition) is 16. The lowest BCUT2D eigenvalue weighted by Crippen LogP contribution is -2.71. The van der Waals surface area contributed by atoms with Gasteiger partial charge in [0.1, 0.15) is 17.2 Å². The van der Waals surface area contributed by atoms with Crippen LogP contribution in [0.25, 0.3) is 0 Å². The molecule has 0 aliphatic carbocycles. The fraction of sp³-hybridized carbons (Fsp3) is 0.444. The number of carbonyl (C=O) groups is 6. The fourth-order valence-electron chi connectivity index (χ4n) is 4.46. The minimum atomic E-state index is -1.84. The first kappa shape index (κ1) is 37.2. The Kier molecular flexibility index (Phi) is 11.4. The van der Waals surface area contributed by atoms with Gasteiger partial charge in [0.15, 0.2) is 23.2 Å². The van der Waals surface area contributed by atoms with E-state index in [0.717, 1.165) is 16.4 Å². The molecule has 0 unspecified atom stereocenters. The van der Waals surface area contributed by atoms with Gasteiger partial charge in [0.05, 0.1) is 25.3 Å². The molecule has 0 aromatic carbocycles. The summed E-state index contributed by atoms with van der Waals surface area (Å²) in [5.41, 5.74) is 9.56. The van der Waals surface area contributed by atoms with Crippen molar-refractivity contribution in [1.29, 1.82) is 0 Å². The van der Waals surface area contributed by atoms with Gasteiger partial charge in [-0.15, -0.1) is 21.1 Å². The predicted octanol–water partition coefficient (Wildman–Crippen LogP) is -2.81. The van der Waals surface area contributed by atoms with Crippen molar-refractivity contribution in [3.05, 3.63) is 23.3 Å². The normalized spacial score (nSPS) is 17.6. The number of nitrogens with two attached hydrogens (primary N) is 2. The average molecular weight is 735 g/mol. The molecule has 8 N–H and O–H groups in total. The second-order valence-electron chi connectivity index (χ2n) is 11.3. The number of urea groups is 1. The monoisotopic (exact) mass is 734 g/mol. The quantitative estimate of drug-likeness (QED) is 0.0354. The van der Waals surface area contributed by atoms with Gasteiger partial charge in [-0.25, -0.2) is 9.59 Å². The number of rotatable bonds is 15. The van der Waals surface area contributed by atoms with Crippen molar-refractivity contribution in [2.45, 2.75) is 50.8 Å². The molecule has 2 atom stereocenters. The number of aliphatic imine (C=N–C) groups is 1. The lowest BCUT2D eigenvalue weighted by Gasteiger charge is -2.50. The van der Waals surface area contributed by atoms with Crippen molar-refractivity contribution in [2.75, 3.05) is 35.6 Å². The second kappa shape index (κ2) is 15.3. The van der Waals surface area contributed by atoms with Gasteiger partial charge >= 0.3 is 12.0 Å². The van der Waals surface area contributed by atoms with Crippen LogP contribution in [0.1, 0.15) is 33.0 Å². The summed E-state index contributed by atoms with van der Waals surface area (Å²) < 4.78 is 6.93. The molecule has 23 heteroatoms. The molecule has 1 saturated heterocycles. The predicted molar refractivity (Wildman–Crippen MR) is 176 cm³/mol. The summed E-state index contributed by atoms with van der Waals surface area (Å²) in [6, 6.07) is -1.77. The molecule has 268 valence electrons. The number of amides is 4. The molecule has 2 aliphatic rings. The number of nitrogens with one attached hydrogen (secondary N) is 3. The highest BCUT2D eigenvalue weighted by molar-refractivity contribution is 8.00. The van der Waals surface area contributed by atoms with Crippen LogP contribution in [-0.2, 0) is 42.4 Å². The highest BCUT2D eigenvalue weighted by Crippen LogP contribution is 2.40. The number of carbonyl (C=O) groups excluding carboxylic acids is 5. The van der Waals surface area contributed by atoms with Crippen LogP contribution in [0.2, 0.25) is 0 Å². The maximum Gasteiger partial charge on any atom is 0.350 e. The first-order valence-corrected chi connectivity index (χ1v) is 16.5. The first-order valence-electron chi connectivity index (χ1n) is 14.7. The minimum absolute atomic E-state index is 0.0177. The van der Waals surface area contributed by atoms with Gasteiger partial charge in [0.25, 0.3) is 11.8 Å². The number of hydrogen-bond donors (Lipinski definition) is 6. The molecule has 0 radical (unpaired) electrons. The zero-order valence-corrected chi connectivity index (χ0v) is 28.8. The van der Waals surface area contributed by atoms with Crippen molar-refractivity contribution in [2.24, 2.45) is 17.2 Å². The third-order valence-corrected chi connectivity index (χ3v) is 9.08. The van der Waals surface area contributed by atoms with Crippen LogP contribution in [0.4, 0.5) is 21.4 Å². The number of anilines is 3. The van der Waals surface area contributed by atoms with E-state index < -0.39 is 52.5 Å². The Morgan fingerprint density at radius 3 is 2.62 bits per heavy atom. The third kappa shape index (κ3) is 8.34. The highest BCUT2D eigenvalue weighted by Gasteiger charge is 2.53. The summed E-state index contributed by atoms with van der Waals surface area (Å²) in [4.78, 5) is 87.7. The van der Waals surface area contributed by atoms with Gasteiger partial charge in [-0.3, -0.25) is 29.6 Å². The molecule has 2 aliphatic heterocycles. The third-order valence-electron chi connectivity index (χ3n) is 7.20. The van der Waals surface area contributed by atoms with E-state index in [1.165, 1.54) is 54.3 Å². The lowest BCUT2D eigenvalue weighted by atomic mass is 10.0. The van der Waals surface area contributed by atoms with Gasteiger partial charge in [-0.1, -0.05) is 5.16 Å². The van der Waals surface area contributed by atoms with Crippen molar-refractivity contribution in [3.8, 4) is 0 Å². The van der Waals surface area contributed by atoms with Crippen LogP contribution in [0.5, 0.6) is 0 Å². The summed E-state index contributed by atoms with van der Waals surface area (Å²) in [5, 5.41) is 32.2. The number of nitrogen functional groups attached to an aromatic ring is 2. The smallest absolute Gasteiger partial charge is 0.350 e. The molecule has 4 amide bonds. The van der Waals surface area contributed by atoms with Crippen molar-refractivity contribution < 1.29 is 48.5 Å². The zero-order valence-electron chi connectivity index (χ0n) is 27.2. The van der Waals surface area contributed by atoms with Crippen LogP contribution < -0.4 is 37.2 Å². The van der Waals surface area contributed by atoms with E-state index in [4.69, 9.17) is 16.3 Å². The van der Waals surface area contributed by atoms with E-state index >= 15 is 0 Å². The Morgan fingerprint density at radius 2 is 2.00 bits per heavy atom. The molecule has 1 fully saturated rings. The molecule has 4 rings (SSSR count). The minimum Gasteiger partial charge on any atom is -0.543 e. The Labute approximate surface area is 291 Å². The summed E-state index contributed by atoms with van der Waals surface area (Å²) in [7, 11) is 1.59. The van der Waals surface area contributed by atoms with E-state index in [-0.39, 0.29) is 65.7 Å². The Morgan fingerprint density at radius 1 is 1.28 bits per heavy atom. The zero-order chi connectivity index (χ0) is 36.9. The van der Waals surface area contributed by atoms with Crippen molar-refractivity contribution in [3.63, 3.8) is 0 Å². The Hall–Kier alpha value is -5.58. The fourth-order valence-corrected chi connectivity index (χ4v) is 6.23. The molecular weight excluding hydrogens is 701 g/mol. The van der Waals surface area contributed by atoms with Gasteiger partial charge in [0, 0.05) is 42.0 Å². The number of carboxylic acids is 2. The topological polar surface area (TPSA) is 306 Å². The molecule has 4 heterocycles. The SMILES string of the molecule is CC(=O)CC=NCCNC(=O)Nc1c[n+](CC2=C(C(=O)[O-])N3C(=O)[C@@H](NC(=O)/C(=N\OC(C)(C)C(=O)O)c4nsc(N)n4)[C@H]3SC2)n(C)c1N. The van der Waals surface area contributed by atoms with E-state index in [1.807, 2.05) is 0 Å². The maximum absolute atomic E-state index is 13.3. The number of nitrogens with zero attached hydrogens (tertiary/aromatic N) is 7. The van der Waals surface area contributed by atoms with Crippen LogP contribution in [-0.4, -0.2) is 107 Å². The molecule has 50 heavy (non-hydrogen) atoms. The molecule has 0 saturated carbocycles. The molecular formula is C27H34N12O9S2.